The second-order valence-corrected chi connectivity index (χ2v) is 4.36. The molecule has 0 atom stereocenters. The van der Waals surface area contributed by atoms with Crippen molar-refractivity contribution in [3.05, 3.63) is 52.1 Å². The summed E-state index contributed by atoms with van der Waals surface area (Å²) < 4.78 is 30.1. The number of phenolic OH excluding ortho intramolecular Hbond substituents is 2. The number of aliphatic hydroxyl groups is 1. The molecule has 0 radical (unpaired) electrons. The van der Waals surface area contributed by atoms with E-state index in [9.17, 15) is 24.9 Å². The quantitative estimate of drug-likeness (QED) is 0.672. The smallest absolute Gasteiger partial charge is 0.194 e. The molecular weight excluding hydrogens is 260 g/mol. The second kappa shape index (κ2) is 3.84. The highest BCUT2D eigenvalue weighted by Gasteiger charge is 2.36. The first-order valence-electron chi connectivity index (χ1n) is 7.56. The number of Topliss-reactive ketones (excluding diaryl/α,β-unsaturated/α-hetero) is 1. The number of hydrogen-bond acceptors (Lipinski definition) is 5. The van der Waals surface area contributed by atoms with E-state index in [-0.39, 0.29) is 11.1 Å². The molecule has 3 rings (SSSR count). The molecule has 0 aliphatic heterocycles. The molecule has 0 saturated heterocycles. The molecule has 5 nitrogen and oxygen atoms in total. The van der Waals surface area contributed by atoms with Crippen molar-refractivity contribution in [2.45, 2.75) is 6.85 Å². The maximum absolute atomic E-state index is 12.6. The van der Waals surface area contributed by atoms with Gasteiger partial charge in [0, 0.05) is 21.3 Å². The van der Waals surface area contributed by atoms with Gasteiger partial charge in [-0.2, -0.15) is 0 Å². The van der Waals surface area contributed by atoms with Gasteiger partial charge in [-0.1, -0.05) is 0 Å². The predicted octanol–water partition coefficient (Wildman–Crippen LogP) is 2.02. The van der Waals surface area contributed by atoms with Crippen molar-refractivity contribution in [2.75, 3.05) is 0 Å². The maximum Gasteiger partial charge on any atom is 0.194 e. The molecule has 0 heterocycles. The molecule has 1 aromatic rings. The summed E-state index contributed by atoms with van der Waals surface area (Å²) in [7, 11) is 0. The van der Waals surface area contributed by atoms with Crippen molar-refractivity contribution >= 4 is 17.3 Å². The minimum Gasteiger partial charge on any atom is -0.508 e. The van der Waals surface area contributed by atoms with E-state index >= 15 is 0 Å². The van der Waals surface area contributed by atoms with Gasteiger partial charge in [-0.3, -0.25) is 9.59 Å². The average Bonchev–Trinajstić information content (AvgIpc) is 2.44. The Kier molecular flexibility index (Phi) is 1.61. The lowest BCUT2D eigenvalue weighted by Gasteiger charge is -2.23. The molecular formula is C15H10O5. The third-order valence-corrected chi connectivity index (χ3v) is 3.08. The Morgan fingerprint density at radius 1 is 1.20 bits per heavy atom. The van der Waals surface area contributed by atoms with Crippen LogP contribution < -0.4 is 0 Å². The Morgan fingerprint density at radius 2 is 1.95 bits per heavy atom. The van der Waals surface area contributed by atoms with E-state index in [4.69, 9.17) is 5.48 Å². The summed E-state index contributed by atoms with van der Waals surface area (Å²) in [6.45, 7) is -2.79. The molecule has 5 heteroatoms. The van der Waals surface area contributed by atoms with Gasteiger partial charge in [0.05, 0.1) is 12.5 Å². The standard InChI is InChI=1S/C15H10O5/c1-6-2-8-12(10(17)3-6)15(20)13-9(14(8)19)4-7(16)5-11(13)18/h2-5,16,18,20H,1H3/i1D3,2D. The lowest BCUT2D eigenvalue weighted by atomic mass is 9.80. The van der Waals surface area contributed by atoms with Gasteiger partial charge in [0.2, 0.25) is 0 Å². The monoisotopic (exact) mass is 274 g/mol. The first-order chi connectivity index (χ1) is 11.0. The Hall–Kier alpha value is -2.82. The van der Waals surface area contributed by atoms with Crippen LogP contribution in [0.25, 0.3) is 5.76 Å². The number of aromatic hydroxyl groups is 2. The summed E-state index contributed by atoms with van der Waals surface area (Å²) in [5.41, 5.74) is -2.38. The number of carbonyl (C=O) groups excluding carboxylic acids is 2. The maximum atomic E-state index is 12.6. The lowest BCUT2D eigenvalue weighted by molar-refractivity contribution is -0.111. The molecule has 20 heavy (non-hydrogen) atoms. The molecule has 0 saturated carbocycles. The number of rotatable bonds is 0. The summed E-state index contributed by atoms with van der Waals surface area (Å²) in [6, 6.07) is 1.15. The predicted molar refractivity (Wildman–Crippen MR) is 70.5 cm³/mol. The molecule has 100 valence electrons. The van der Waals surface area contributed by atoms with Crippen LogP contribution >= 0.6 is 0 Å². The summed E-state index contributed by atoms with van der Waals surface area (Å²) in [6.07, 6.45) is 0.681. The number of fused-ring (bicyclic) bond motifs is 2. The van der Waals surface area contributed by atoms with Crippen LogP contribution in [0.2, 0.25) is 0 Å². The normalized spacial score (nSPS) is 21.5. The van der Waals surface area contributed by atoms with Crippen LogP contribution in [0.1, 0.15) is 28.3 Å². The van der Waals surface area contributed by atoms with Crippen molar-refractivity contribution in [1.29, 1.82) is 0 Å². The van der Waals surface area contributed by atoms with Gasteiger partial charge in [-0.25, -0.2) is 0 Å². The van der Waals surface area contributed by atoms with Gasteiger partial charge in [-0.15, -0.1) is 0 Å². The summed E-state index contributed by atoms with van der Waals surface area (Å²) >= 11 is 0. The lowest BCUT2D eigenvalue weighted by Crippen LogP contribution is -2.22. The zero-order valence-corrected chi connectivity index (χ0v) is 9.89. The van der Waals surface area contributed by atoms with Crippen LogP contribution in [-0.4, -0.2) is 26.9 Å². The molecule has 3 N–H and O–H groups in total. The SMILES string of the molecule is [2H]C1=C2C(=O)c3cc(O)cc(O)c3C(O)=C2C(=O)C=C1C([2H])([2H])[2H]. The highest BCUT2D eigenvalue weighted by Crippen LogP contribution is 2.41. The highest BCUT2D eigenvalue weighted by atomic mass is 16.3. The fraction of sp³-hybridized carbons (Fsp3) is 0.0667. The number of ketones is 2. The second-order valence-electron chi connectivity index (χ2n) is 4.36. The number of phenols is 2. The van der Waals surface area contributed by atoms with Crippen LogP contribution in [0.5, 0.6) is 11.5 Å². The largest absolute Gasteiger partial charge is 0.508 e. The Balaban J connectivity index is 2.39. The van der Waals surface area contributed by atoms with E-state index in [2.05, 4.69) is 0 Å². The van der Waals surface area contributed by atoms with Crippen LogP contribution in [0.3, 0.4) is 0 Å². The van der Waals surface area contributed by atoms with E-state index in [0.29, 0.717) is 6.08 Å². The van der Waals surface area contributed by atoms with Crippen LogP contribution in [0.4, 0.5) is 0 Å². The zero-order chi connectivity index (χ0) is 18.0. The summed E-state index contributed by atoms with van der Waals surface area (Å²) in [4.78, 5) is 24.9. The molecule has 0 spiro atoms. The van der Waals surface area contributed by atoms with Crippen molar-refractivity contribution in [1.82, 2.24) is 0 Å². The number of hydrogen-bond donors (Lipinski definition) is 3. The van der Waals surface area contributed by atoms with E-state index < -0.39 is 58.4 Å². The van der Waals surface area contributed by atoms with Gasteiger partial charge in [-0.05, 0) is 30.6 Å². The fourth-order valence-electron chi connectivity index (χ4n) is 2.26. The topological polar surface area (TPSA) is 94.8 Å². The average molecular weight is 274 g/mol. The van der Waals surface area contributed by atoms with Crippen molar-refractivity contribution in [2.24, 2.45) is 0 Å². The zero-order valence-electron chi connectivity index (χ0n) is 13.9. The van der Waals surface area contributed by atoms with E-state index in [1.54, 1.807) is 0 Å². The Bertz CT molecular complexity index is 919. The summed E-state index contributed by atoms with van der Waals surface area (Å²) in [5, 5.41) is 29.7. The third-order valence-electron chi connectivity index (χ3n) is 3.08. The van der Waals surface area contributed by atoms with E-state index in [1.165, 1.54) is 0 Å². The van der Waals surface area contributed by atoms with E-state index in [1.807, 2.05) is 0 Å². The number of benzene rings is 1. The first-order valence-corrected chi connectivity index (χ1v) is 5.56. The molecule has 2 aliphatic carbocycles. The molecule has 2 aliphatic rings. The minimum atomic E-state index is -2.79. The van der Waals surface area contributed by atoms with Crippen molar-refractivity contribution < 1.29 is 30.4 Å². The van der Waals surface area contributed by atoms with Crippen molar-refractivity contribution in [3.8, 4) is 11.5 Å². The molecule has 0 fully saturated rings. The number of carbonyl (C=O) groups is 2. The Morgan fingerprint density at radius 3 is 2.65 bits per heavy atom. The fourth-order valence-corrected chi connectivity index (χ4v) is 2.26. The highest BCUT2D eigenvalue weighted by molar-refractivity contribution is 6.29. The molecule has 0 amide bonds. The molecule has 0 aromatic heterocycles. The number of aliphatic hydroxyl groups excluding tert-OH is 1. The van der Waals surface area contributed by atoms with Crippen molar-refractivity contribution in [3.63, 3.8) is 0 Å². The summed E-state index contributed by atoms with van der Waals surface area (Å²) in [5.74, 6) is -3.70. The van der Waals surface area contributed by atoms with Gasteiger partial charge in [0.25, 0.3) is 0 Å². The molecule has 0 unspecified atom stereocenters. The van der Waals surface area contributed by atoms with Crippen LogP contribution in [0, 0.1) is 0 Å². The molecule has 1 aromatic carbocycles. The third kappa shape index (κ3) is 1.50. The van der Waals surface area contributed by atoms with Gasteiger partial charge < -0.3 is 15.3 Å². The minimum absolute atomic E-state index is 0.326. The molecule has 0 bridgehead atoms. The van der Waals surface area contributed by atoms with Crippen LogP contribution in [-0.2, 0) is 4.79 Å². The van der Waals surface area contributed by atoms with Gasteiger partial charge in [0.15, 0.2) is 11.6 Å². The first kappa shape index (κ1) is 8.37. The van der Waals surface area contributed by atoms with E-state index in [0.717, 1.165) is 12.1 Å². The van der Waals surface area contributed by atoms with Gasteiger partial charge >= 0.3 is 0 Å². The van der Waals surface area contributed by atoms with Gasteiger partial charge in [0.1, 0.15) is 17.3 Å². The number of allylic oxidation sites excluding steroid dienone is 5. The Labute approximate surface area is 119 Å². The van der Waals surface area contributed by atoms with Crippen LogP contribution in [0.15, 0.2) is 41.0 Å².